The van der Waals surface area contributed by atoms with Crippen LogP contribution in [0.1, 0.15) is 26.2 Å². The fraction of sp³-hybridized carbons (Fsp3) is 0.417. The van der Waals surface area contributed by atoms with E-state index >= 15 is 0 Å². The number of nitro groups is 1. The molecule has 0 aliphatic carbocycles. The number of halogens is 1. The molecule has 0 saturated carbocycles. The summed E-state index contributed by atoms with van der Waals surface area (Å²) in [6.45, 7) is 1.99. The van der Waals surface area contributed by atoms with Crippen molar-refractivity contribution in [1.82, 2.24) is 0 Å². The van der Waals surface area contributed by atoms with Gasteiger partial charge in [-0.1, -0.05) is 0 Å². The number of hydrogen-bond donors (Lipinski definition) is 0. The number of rotatable bonds is 7. The van der Waals surface area contributed by atoms with Crippen molar-refractivity contribution in [3.8, 4) is 5.75 Å². The van der Waals surface area contributed by atoms with Crippen molar-refractivity contribution < 1.29 is 14.5 Å². The molecule has 0 radical (unpaired) electrons. The van der Waals surface area contributed by atoms with Gasteiger partial charge in [-0.15, -0.1) is 0 Å². The van der Waals surface area contributed by atoms with Crippen LogP contribution in [0.2, 0.25) is 0 Å². The number of nitro benzene ring substituents is 1. The van der Waals surface area contributed by atoms with Crippen LogP contribution in [0, 0.1) is 10.1 Å². The highest BCUT2D eigenvalue weighted by atomic mass is 79.9. The van der Waals surface area contributed by atoms with E-state index in [2.05, 4.69) is 15.9 Å². The zero-order valence-corrected chi connectivity index (χ0v) is 11.6. The molecule has 0 heterocycles. The summed E-state index contributed by atoms with van der Waals surface area (Å²) in [6.07, 6.45) is 2.05. The fourth-order valence-corrected chi connectivity index (χ4v) is 1.74. The average Bonchev–Trinajstić information content (AvgIpc) is 2.30. The van der Waals surface area contributed by atoms with Crippen molar-refractivity contribution in [2.24, 2.45) is 0 Å². The topological polar surface area (TPSA) is 69.4 Å². The number of ketones is 1. The van der Waals surface area contributed by atoms with Crippen LogP contribution >= 0.6 is 15.9 Å². The quantitative estimate of drug-likeness (QED) is 0.438. The molecule has 18 heavy (non-hydrogen) atoms. The highest BCUT2D eigenvalue weighted by Crippen LogP contribution is 2.29. The number of nitrogens with zero attached hydrogens (tertiary/aromatic N) is 1. The summed E-state index contributed by atoms with van der Waals surface area (Å²) in [4.78, 5) is 20.9. The lowest BCUT2D eigenvalue weighted by molar-refractivity contribution is -0.385. The Hall–Kier alpha value is -1.43. The molecule has 1 aromatic rings. The monoisotopic (exact) mass is 315 g/mol. The number of carbonyl (C=O) groups excluding carboxylic acids is 1. The smallest absolute Gasteiger partial charge is 0.273 e. The Morgan fingerprint density at radius 1 is 1.44 bits per heavy atom. The molecule has 1 aromatic carbocycles. The Morgan fingerprint density at radius 2 is 2.17 bits per heavy atom. The third kappa shape index (κ3) is 4.83. The first-order valence-corrected chi connectivity index (χ1v) is 6.36. The Morgan fingerprint density at radius 3 is 2.78 bits per heavy atom. The first kappa shape index (κ1) is 14.6. The van der Waals surface area contributed by atoms with Crippen LogP contribution in [-0.2, 0) is 4.79 Å². The average molecular weight is 316 g/mol. The van der Waals surface area contributed by atoms with E-state index in [1.165, 1.54) is 12.1 Å². The van der Waals surface area contributed by atoms with E-state index in [-0.39, 0.29) is 11.5 Å². The minimum absolute atomic E-state index is 0.00284. The molecule has 98 valence electrons. The minimum atomic E-state index is -0.463. The molecule has 6 heteroatoms. The summed E-state index contributed by atoms with van der Waals surface area (Å²) < 4.78 is 6.13. The molecule has 0 amide bonds. The summed E-state index contributed by atoms with van der Waals surface area (Å²) in [7, 11) is 0. The van der Waals surface area contributed by atoms with Crippen molar-refractivity contribution in [1.29, 1.82) is 0 Å². The van der Waals surface area contributed by atoms with Crippen LogP contribution in [-0.4, -0.2) is 17.3 Å². The molecular formula is C12H14BrNO4. The van der Waals surface area contributed by atoms with Crippen molar-refractivity contribution in [2.45, 2.75) is 26.2 Å². The Labute approximate surface area is 113 Å². The predicted octanol–water partition coefficient (Wildman–Crippen LogP) is 3.50. The van der Waals surface area contributed by atoms with E-state index in [9.17, 15) is 14.9 Å². The highest BCUT2D eigenvalue weighted by molar-refractivity contribution is 9.10. The third-order valence-corrected chi connectivity index (χ3v) is 2.96. The lowest BCUT2D eigenvalue weighted by Gasteiger charge is -2.07. The van der Waals surface area contributed by atoms with Crippen LogP contribution in [0.15, 0.2) is 22.7 Å². The molecule has 0 N–H and O–H groups in total. The molecule has 5 nitrogen and oxygen atoms in total. The van der Waals surface area contributed by atoms with Crippen LogP contribution in [0.3, 0.4) is 0 Å². The van der Waals surface area contributed by atoms with E-state index in [0.29, 0.717) is 23.2 Å². The molecule has 1 rings (SSSR count). The van der Waals surface area contributed by atoms with Crippen LogP contribution in [0.4, 0.5) is 5.69 Å². The molecule has 0 spiro atoms. The Bertz CT molecular complexity index is 448. The minimum Gasteiger partial charge on any atom is -0.492 e. The second-order valence-electron chi connectivity index (χ2n) is 3.88. The van der Waals surface area contributed by atoms with Gasteiger partial charge in [0, 0.05) is 12.5 Å². The number of ether oxygens (including phenoxy) is 1. The van der Waals surface area contributed by atoms with Crippen molar-refractivity contribution in [2.75, 3.05) is 6.61 Å². The Balaban J connectivity index is 2.48. The zero-order chi connectivity index (χ0) is 13.5. The third-order valence-electron chi connectivity index (χ3n) is 2.31. The summed E-state index contributed by atoms with van der Waals surface area (Å²) in [5.41, 5.74) is -0.00284. The van der Waals surface area contributed by atoms with E-state index in [0.717, 1.165) is 12.8 Å². The molecule has 0 bridgehead atoms. The van der Waals surface area contributed by atoms with Gasteiger partial charge in [0.25, 0.3) is 5.69 Å². The summed E-state index contributed by atoms with van der Waals surface area (Å²) in [6, 6.07) is 4.38. The van der Waals surface area contributed by atoms with Gasteiger partial charge in [-0.2, -0.15) is 0 Å². The summed E-state index contributed by atoms with van der Waals surface area (Å²) in [5.74, 6) is 0.610. The van der Waals surface area contributed by atoms with Crippen LogP contribution < -0.4 is 4.74 Å². The van der Waals surface area contributed by atoms with E-state index in [4.69, 9.17) is 4.74 Å². The Kier molecular flexibility index (Phi) is 5.77. The van der Waals surface area contributed by atoms with Crippen molar-refractivity contribution in [3.05, 3.63) is 32.8 Å². The fourth-order valence-electron chi connectivity index (χ4n) is 1.37. The maximum absolute atomic E-state index is 10.7. The normalized spacial score (nSPS) is 10.1. The number of non-ortho nitro benzene ring substituents is 1. The van der Waals surface area contributed by atoms with Gasteiger partial charge in [0.2, 0.25) is 0 Å². The molecule has 0 fully saturated rings. The molecule has 0 atom stereocenters. The number of Topliss-reactive ketones (excluding diaryl/α,β-unsaturated/α-hetero) is 1. The SMILES string of the molecule is CC(=O)CCCCOc1cc([N+](=O)[O-])ccc1Br. The zero-order valence-electron chi connectivity index (χ0n) is 10.0. The molecule has 0 aromatic heterocycles. The van der Waals surface area contributed by atoms with Crippen molar-refractivity contribution in [3.63, 3.8) is 0 Å². The van der Waals surface area contributed by atoms with Gasteiger partial charge in [0.1, 0.15) is 11.5 Å². The number of hydrogen-bond acceptors (Lipinski definition) is 4. The van der Waals surface area contributed by atoms with Gasteiger partial charge in [0.15, 0.2) is 0 Å². The highest BCUT2D eigenvalue weighted by Gasteiger charge is 2.10. The molecular weight excluding hydrogens is 302 g/mol. The van der Waals surface area contributed by atoms with Gasteiger partial charge >= 0.3 is 0 Å². The number of benzene rings is 1. The van der Waals surface area contributed by atoms with Crippen LogP contribution in [0.25, 0.3) is 0 Å². The van der Waals surface area contributed by atoms with E-state index < -0.39 is 4.92 Å². The molecule has 0 aliphatic heterocycles. The van der Waals surface area contributed by atoms with Crippen LogP contribution in [0.5, 0.6) is 5.75 Å². The van der Waals surface area contributed by atoms with E-state index in [1.807, 2.05) is 0 Å². The predicted molar refractivity (Wildman–Crippen MR) is 70.8 cm³/mol. The van der Waals surface area contributed by atoms with E-state index in [1.54, 1.807) is 13.0 Å². The van der Waals surface area contributed by atoms with Gasteiger partial charge in [-0.05, 0) is 41.8 Å². The molecule has 0 saturated heterocycles. The lowest BCUT2D eigenvalue weighted by Crippen LogP contribution is -2.00. The number of carbonyl (C=O) groups is 1. The van der Waals surface area contributed by atoms with Gasteiger partial charge < -0.3 is 9.53 Å². The standard InChI is InChI=1S/C12H14BrNO4/c1-9(15)4-2-3-7-18-12-8-10(14(16)17)5-6-11(12)13/h5-6,8H,2-4,7H2,1H3. The molecule has 0 aliphatic rings. The first-order valence-electron chi connectivity index (χ1n) is 5.57. The summed E-state index contributed by atoms with van der Waals surface area (Å²) in [5, 5.41) is 10.6. The second kappa shape index (κ2) is 7.10. The maximum atomic E-state index is 10.7. The lowest BCUT2D eigenvalue weighted by atomic mass is 10.2. The van der Waals surface area contributed by atoms with Gasteiger partial charge in [-0.3, -0.25) is 10.1 Å². The second-order valence-corrected chi connectivity index (χ2v) is 4.73. The van der Waals surface area contributed by atoms with Gasteiger partial charge in [0.05, 0.1) is 22.1 Å². The maximum Gasteiger partial charge on any atom is 0.273 e. The van der Waals surface area contributed by atoms with Gasteiger partial charge in [-0.25, -0.2) is 0 Å². The van der Waals surface area contributed by atoms with Crippen molar-refractivity contribution >= 4 is 27.4 Å². The molecule has 0 unspecified atom stereocenters. The largest absolute Gasteiger partial charge is 0.492 e. The first-order chi connectivity index (χ1) is 8.50. The summed E-state index contributed by atoms with van der Waals surface area (Å²) >= 11 is 3.27. The number of unbranched alkanes of at least 4 members (excludes halogenated alkanes) is 1.